The van der Waals surface area contributed by atoms with Crippen molar-refractivity contribution in [3.8, 4) is 0 Å². The number of aliphatic hydroxyl groups excluding tert-OH is 3. The van der Waals surface area contributed by atoms with Crippen LogP contribution >= 0.6 is 0 Å². The molecular formula is C15H29NO3. The van der Waals surface area contributed by atoms with Gasteiger partial charge in [0.2, 0.25) is 0 Å². The number of aliphatic hydroxyl groups is 3. The van der Waals surface area contributed by atoms with Gasteiger partial charge in [0.15, 0.2) is 0 Å². The van der Waals surface area contributed by atoms with E-state index in [0.717, 1.165) is 18.9 Å². The molecule has 0 unspecified atom stereocenters. The van der Waals surface area contributed by atoms with Gasteiger partial charge in [-0.1, -0.05) is 32.1 Å². The van der Waals surface area contributed by atoms with E-state index in [1.165, 1.54) is 38.5 Å². The molecule has 0 aromatic rings. The minimum atomic E-state index is -0.996. The summed E-state index contributed by atoms with van der Waals surface area (Å²) in [5.74, 6) is 0.884. The Hall–Kier alpha value is -0.160. The van der Waals surface area contributed by atoms with Crippen LogP contribution in [0.4, 0.5) is 0 Å². The van der Waals surface area contributed by atoms with Gasteiger partial charge in [-0.2, -0.15) is 0 Å². The molecule has 112 valence electrons. The number of likely N-dealkylation sites (tertiary alicyclic amines) is 1. The zero-order valence-corrected chi connectivity index (χ0v) is 12.0. The zero-order chi connectivity index (χ0) is 13.8. The van der Waals surface area contributed by atoms with Gasteiger partial charge in [0, 0.05) is 12.6 Å². The third-order valence-corrected chi connectivity index (χ3v) is 5.02. The van der Waals surface area contributed by atoms with E-state index in [-0.39, 0.29) is 6.04 Å². The number of rotatable bonds is 4. The van der Waals surface area contributed by atoms with Crippen LogP contribution in [0, 0.1) is 5.92 Å². The lowest BCUT2D eigenvalue weighted by atomic mass is 9.86. The standard InChI is InChI=1S/C15H29NO3/c1-11-14(18)15(19)13(17)10-16(11)9-5-8-12-6-3-2-4-7-12/h11-15,17-19H,2-10H2,1H3/t11-,13+,14-,15-/m1/s1. The van der Waals surface area contributed by atoms with Crippen LogP contribution in [0.3, 0.4) is 0 Å². The second-order valence-electron chi connectivity index (χ2n) is 6.43. The molecule has 0 aromatic carbocycles. The number of nitrogens with zero attached hydrogens (tertiary/aromatic N) is 1. The van der Waals surface area contributed by atoms with Crippen LogP contribution in [-0.4, -0.2) is 57.7 Å². The van der Waals surface area contributed by atoms with Crippen LogP contribution in [0.5, 0.6) is 0 Å². The Balaban J connectivity index is 1.72. The van der Waals surface area contributed by atoms with Gasteiger partial charge < -0.3 is 15.3 Å². The molecule has 1 heterocycles. The zero-order valence-electron chi connectivity index (χ0n) is 12.0. The molecule has 0 aromatic heterocycles. The fourth-order valence-corrected chi connectivity index (χ4v) is 3.60. The fraction of sp³-hybridized carbons (Fsp3) is 1.00. The fourth-order valence-electron chi connectivity index (χ4n) is 3.60. The van der Waals surface area contributed by atoms with E-state index in [9.17, 15) is 15.3 Å². The van der Waals surface area contributed by atoms with Gasteiger partial charge in [-0.25, -0.2) is 0 Å². The second-order valence-corrected chi connectivity index (χ2v) is 6.43. The minimum Gasteiger partial charge on any atom is -0.389 e. The number of hydrogen-bond acceptors (Lipinski definition) is 4. The predicted octanol–water partition coefficient (Wildman–Crippen LogP) is 1.13. The normalized spacial score (nSPS) is 38.5. The minimum absolute atomic E-state index is 0.0650. The molecule has 0 amide bonds. The van der Waals surface area contributed by atoms with Gasteiger partial charge in [0.1, 0.15) is 6.10 Å². The second kappa shape index (κ2) is 7.02. The van der Waals surface area contributed by atoms with Gasteiger partial charge in [-0.3, -0.25) is 4.90 Å². The molecule has 0 radical (unpaired) electrons. The van der Waals surface area contributed by atoms with Crippen molar-refractivity contribution in [2.45, 2.75) is 76.2 Å². The van der Waals surface area contributed by atoms with Gasteiger partial charge in [0.05, 0.1) is 12.2 Å². The summed E-state index contributed by atoms with van der Waals surface area (Å²) in [5.41, 5.74) is 0. The topological polar surface area (TPSA) is 63.9 Å². The summed E-state index contributed by atoms with van der Waals surface area (Å²) in [6.07, 6.45) is 6.66. The van der Waals surface area contributed by atoms with Crippen molar-refractivity contribution in [1.29, 1.82) is 0 Å². The summed E-state index contributed by atoms with van der Waals surface area (Å²) in [4.78, 5) is 2.12. The van der Waals surface area contributed by atoms with Crippen molar-refractivity contribution in [3.05, 3.63) is 0 Å². The highest BCUT2D eigenvalue weighted by atomic mass is 16.4. The first kappa shape index (κ1) is 15.2. The number of hydrogen-bond donors (Lipinski definition) is 3. The predicted molar refractivity (Wildman–Crippen MR) is 74.9 cm³/mol. The Labute approximate surface area is 116 Å². The van der Waals surface area contributed by atoms with Crippen LogP contribution in [0.2, 0.25) is 0 Å². The van der Waals surface area contributed by atoms with Crippen LogP contribution in [0.15, 0.2) is 0 Å². The van der Waals surface area contributed by atoms with E-state index in [0.29, 0.717) is 6.54 Å². The molecule has 0 spiro atoms. The molecule has 1 aliphatic heterocycles. The lowest BCUT2D eigenvalue weighted by Crippen LogP contribution is -2.60. The van der Waals surface area contributed by atoms with Crippen molar-refractivity contribution < 1.29 is 15.3 Å². The summed E-state index contributed by atoms with van der Waals surface area (Å²) >= 11 is 0. The van der Waals surface area contributed by atoms with Crippen LogP contribution in [0.25, 0.3) is 0 Å². The summed E-state index contributed by atoms with van der Waals surface area (Å²) in [6.45, 7) is 3.32. The SMILES string of the molecule is C[C@@H]1[C@@H](O)[C@H](O)[C@@H](O)CN1CCCC1CCCCC1. The molecule has 19 heavy (non-hydrogen) atoms. The third-order valence-electron chi connectivity index (χ3n) is 5.02. The molecule has 3 N–H and O–H groups in total. The van der Waals surface area contributed by atoms with E-state index in [1.807, 2.05) is 6.92 Å². The molecule has 1 aliphatic carbocycles. The largest absolute Gasteiger partial charge is 0.389 e. The monoisotopic (exact) mass is 271 g/mol. The quantitative estimate of drug-likeness (QED) is 0.717. The molecule has 1 saturated carbocycles. The molecule has 0 bridgehead atoms. The average molecular weight is 271 g/mol. The molecule has 4 heteroatoms. The molecule has 2 rings (SSSR count). The van der Waals surface area contributed by atoms with Crippen molar-refractivity contribution in [2.24, 2.45) is 5.92 Å². The van der Waals surface area contributed by atoms with E-state index < -0.39 is 18.3 Å². The van der Waals surface area contributed by atoms with Gasteiger partial charge in [0.25, 0.3) is 0 Å². The van der Waals surface area contributed by atoms with Gasteiger partial charge in [-0.15, -0.1) is 0 Å². The highest BCUT2D eigenvalue weighted by Crippen LogP contribution is 2.28. The van der Waals surface area contributed by atoms with E-state index in [4.69, 9.17) is 0 Å². The third kappa shape index (κ3) is 3.91. The Morgan fingerprint density at radius 2 is 1.68 bits per heavy atom. The first-order valence-corrected chi connectivity index (χ1v) is 7.88. The first-order valence-electron chi connectivity index (χ1n) is 7.88. The van der Waals surface area contributed by atoms with Gasteiger partial charge >= 0.3 is 0 Å². The highest BCUT2D eigenvalue weighted by molar-refractivity contribution is 4.92. The maximum absolute atomic E-state index is 9.88. The van der Waals surface area contributed by atoms with E-state index >= 15 is 0 Å². The van der Waals surface area contributed by atoms with E-state index in [2.05, 4.69) is 4.90 Å². The Bertz CT molecular complexity index is 268. The maximum atomic E-state index is 9.88. The Kier molecular flexibility index (Phi) is 5.63. The van der Waals surface area contributed by atoms with Crippen molar-refractivity contribution >= 4 is 0 Å². The Morgan fingerprint density at radius 1 is 1.00 bits per heavy atom. The van der Waals surface area contributed by atoms with E-state index in [1.54, 1.807) is 0 Å². The van der Waals surface area contributed by atoms with Crippen LogP contribution in [0.1, 0.15) is 51.9 Å². The summed E-state index contributed by atoms with van der Waals surface area (Å²) in [5, 5.41) is 29.3. The van der Waals surface area contributed by atoms with Crippen molar-refractivity contribution in [3.63, 3.8) is 0 Å². The Morgan fingerprint density at radius 3 is 2.37 bits per heavy atom. The molecule has 2 fully saturated rings. The lowest BCUT2D eigenvalue weighted by molar-refractivity contribution is -0.133. The highest BCUT2D eigenvalue weighted by Gasteiger charge is 2.38. The molecule has 1 saturated heterocycles. The molecular weight excluding hydrogens is 242 g/mol. The smallest absolute Gasteiger partial charge is 0.108 e. The van der Waals surface area contributed by atoms with Gasteiger partial charge in [-0.05, 0) is 32.2 Å². The van der Waals surface area contributed by atoms with Crippen LogP contribution < -0.4 is 0 Å². The molecule has 4 nitrogen and oxygen atoms in total. The number of piperidine rings is 1. The lowest BCUT2D eigenvalue weighted by Gasteiger charge is -2.42. The summed E-state index contributed by atoms with van der Waals surface area (Å²) < 4.78 is 0. The van der Waals surface area contributed by atoms with Crippen LogP contribution in [-0.2, 0) is 0 Å². The summed E-state index contributed by atoms with van der Waals surface area (Å²) in [6, 6.07) is -0.0650. The maximum Gasteiger partial charge on any atom is 0.108 e. The van der Waals surface area contributed by atoms with Crippen molar-refractivity contribution in [1.82, 2.24) is 4.90 Å². The molecule has 2 aliphatic rings. The molecule has 4 atom stereocenters. The van der Waals surface area contributed by atoms with Crippen molar-refractivity contribution in [2.75, 3.05) is 13.1 Å². The summed E-state index contributed by atoms with van der Waals surface area (Å²) in [7, 11) is 0. The average Bonchev–Trinajstić information content (AvgIpc) is 2.43. The number of β-amino-alcohol motifs (C(OH)–C–C–N with tert-alkyl or cyclic N) is 1. The first-order chi connectivity index (χ1) is 9.09.